The Morgan fingerprint density at radius 1 is 1.33 bits per heavy atom. The molecular formula is C11H16Cl2N4O. The maximum atomic E-state index is 11.6. The monoisotopic (exact) mass is 290 g/mol. The summed E-state index contributed by atoms with van der Waals surface area (Å²) in [5.74, 6) is 0.151. The molecule has 0 bridgehead atoms. The Labute approximate surface area is 116 Å². The van der Waals surface area contributed by atoms with Crippen LogP contribution in [0.4, 0.5) is 5.82 Å². The zero-order chi connectivity index (χ0) is 13.8. The largest absolute Gasteiger partial charge is 0.312 e. The average Bonchev–Trinajstić information content (AvgIpc) is 2.12. The molecular weight excluding hydrogens is 275 g/mol. The van der Waals surface area contributed by atoms with E-state index in [2.05, 4.69) is 20.6 Å². The van der Waals surface area contributed by atoms with E-state index in [1.54, 1.807) is 0 Å². The number of hydrogen-bond acceptors (Lipinski definition) is 4. The summed E-state index contributed by atoms with van der Waals surface area (Å²) in [7, 11) is 0. The van der Waals surface area contributed by atoms with Crippen LogP contribution < -0.4 is 10.6 Å². The molecule has 100 valence electrons. The van der Waals surface area contributed by atoms with Crippen molar-refractivity contribution in [2.45, 2.75) is 32.7 Å². The summed E-state index contributed by atoms with van der Waals surface area (Å²) in [6, 6.07) is 1.45. The van der Waals surface area contributed by atoms with Crippen LogP contribution in [0.5, 0.6) is 0 Å². The first kappa shape index (κ1) is 15.1. The highest BCUT2D eigenvalue weighted by atomic mass is 35.5. The van der Waals surface area contributed by atoms with Gasteiger partial charge >= 0.3 is 0 Å². The summed E-state index contributed by atoms with van der Waals surface area (Å²) in [6.07, 6.45) is 0.344. The van der Waals surface area contributed by atoms with E-state index in [0.717, 1.165) is 0 Å². The molecule has 0 atom stereocenters. The van der Waals surface area contributed by atoms with Gasteiger partial charge in [-0.05, 0) is 32.4 Å². The van der Waals surface area contributed by atoms with Crippen molar-refractivity contribution in [2.24, 2.45) is 0 Å². The second-order valence-electron chi connectivity index (χ2n) is 4.82. The van der Waals surface area contributed by atoms with Crippen molar-refractivity contribution >= 4 is 34.9 Å². The lowest BCUT2D eigenvalue weighted by Crippen LogP contribution is -2.37. The van der Waals surface area contributed by atoms with Crippen LogP contribution >= 0.6 is 23.2 Å². The van der Waals surface area contributed by atoms with Crippen LogP contribution in [0, 0.1) is 0 Å². The molecule has 0 saturated heterocycles. The number of anilines is 1. The van der Waals surface area contributed by atoms with Crippen molar-refractivity contribution in [3.05, 3.63) is 16.5 Å². The summed E-state index contributed by atoms with van der Waals surface area (Å²) in [4.78, 5) is 19.2. The van der Waals surface area contributed by atoms with Crippen molar-refractivity contribution in [1.29, 1.82) is 0 Å². The number of nitrogens with one attached hydrogen (secondary N) is 2. The van der Waals surface area contributed by atoms with Gasteiger partial charge in [0.2, 0.25) is 11.2 Å². The molecule has 0 aliphatic heterocycles. The molecule has 18 heavy (non-hydrogen) atoms. The lowest BCUT2D eigenvalue weighted by atomic mass is 10.1. The minimum atomic E-state index is -0.155. The van der Waals surface area contributed by atoms with Crippen LogP contribution in [0.15, 0.2) is 6.07 Å². The first-order chi connectivity index (χ1) is 8.26. The number of carbonyl (C=O) groups excluding carboxylic acids is 1. The fraction of sp³-hybridized carbons (Fsp3) is 0.545. The van der Waals surface area contributed by atoms with Crippen molar-refractivity contribution in [1.82, 2.24) is 15.3 Å². The van der Waals surface area contributed by atoms with Crippen LogP contribution in [0.25, 0.3) is 0 Å². The zero-order valence-corrected chi connectivity index (χ0v) is 12.1. The number of rotatable bonds is 4. The van der Waals surface area contributed by atoms with E-state index in [0.29, 0.717) is 18.8 Å². The topological polar surface area (TPSA) is 66.9 Å². The molecule has 0 spiro atoms. The van der Waals surface area contributed by atoms with E-state index in [1.807, 2.05) is 20.8 Å². The number of halogens is 2. The molecule has 0 aromatic carbocycles. The Morgan fingerprint density at radius 2 is 2.00 bits per heavy atom. The van der Waals surface area contributed by atoms with Crippen molar-refractivity contribution < 1.29 is 4.79 Å². The van der Waals surface area contributed by atoms with Gasteiger partial charge in [-0.1, -0.05) is 11.6 Å². The second-order valence-corrected chi connectivity index (χ2v) is 5.55. The first-order valence-corrected chi connectivity index (χ1v) is 6.27. The maximum absolute atomic E-state index is 11.6. The molecule has 1 aromatic rings. The van der Waals surface area contributed by atoms with Crippen LogP contribution in [-0.2, 0) is 4.79 Å². The normalized spacial score (nSPS) is 11.4. The van der Waals surface area contributed by atoms with E-state index >= 15 is 0 Å². The van der Waals surface area contributed by atoms with E-state index in [-0.39, 0.29) is 21.9 Å². The van der Waals surface area contributed by atoms with Gasteiger partial charge in [-0.2, -0.15) is 0 Å². The predicted molar refractivity (Wildman–Crippen MR) is 73.1 cm³/mol. The Hall–Kier alpha value is -0.910. The number of nitrogens with zero attached hydrogens (tertiary/aromatic N) is 2. The van der Waals surface area contributed by atoms with Gasteiger partial charge in [0.1, 0.15) is 11.0 Å². The molecule has 1 aromatic heterocycles. The molecule has 1 heterocycles. The molecule has 7 heteroatoms. The van der Waals surface area contributed by atoms with Crippen molar-refractivity contribution in [3.63, 3.8) is 0 Å². The smallest absolute Gasteiger partial charge is 0.226 e. The fourth-order valence-electron chi connectivity index (χ4n) is 1.21. The number of carbonyl (C=O) groups is 1. The lowest BCUT2D eigenvalue weighted by molar-refractivity contribution is -0.116. The molecule has 2 N–H and O–H groups in total. The van der Waals surface area contributed by atoms with Gasteiger partial charge in [0, 0.05) is 24.6 Å². The van der Waals surface area contributed by atoms with Gasteiger partial charge < -0.3 is 10.6 Å². The number of hydrogen-bond donors (Lipinski definition) is 2. The Kier molecular flexibility index (Phi) is 5.31. The fourth-order valence-corrected chi connectivity index (χ4v) is 1.62. The third kappa shape index (κ3) is 6.14. The molecule has 0 aliphatic carbocycles. The van der Waals surface area contributed by atoms with Crippen LogP contribution in [0.3, 0.4) is 0 Å². The number of aromatic nitrogens is 2. The Morgan fingerprint density at radius 3 is 2.56 bits per heavy atom. The lowest BCUT2D eigenvalue weighted by Gasteiger charge is -2.20. The third-order valence-electron chi connectivity index (χ3n) is 1.94. The molecule has 0 fully saturated rings. The standard InChI is InChI=1S/C11H16Cl2N4O/c1-11(2,3)14-5-4-9(18)16-8-6-7(12)15-10(13)17-8/h6,14H,4-5H2,1-3H3,(H,15,16,17,18). The molecule has 0 aliphatic rings. The molecule has 0 saturated carbocycles. The van der Waals surface area contributed by atoms with E-state index < -0.39 is 0 Å². The van der Waals surface area contributed by atoms with Crippen LogP contribution in [0.2, 0.25) is 10.4 Å². The predicted octanol–water partition coefficient (Wildman–Crippen LogP) is 2.50. The summed E-state index contributed by atoms with van der Waals surface area (Å²) >= 11 is 11.3. The minimum absolute atomic E-state index is 0.00520. The molecule has 1 amide bonds. The Balaban J connectivity index is 2.45. The van der Waals surface area contributed by atoms with Gasteiger partial charge in [0.05, 0.1) is 0 Å². The highest BCUT2D eigenvalue weighted by molar-refractivity contribution is 6.32. The summed E-state index contributed by atoms with van der Waals surface area (Å²) in [6.45, 7) is 6.69. The molecule has 0 unspecified atom stereocenters. The van der Waals surface area contributed by atoms with E-state index in [1.165, 1.54) is 6.07 Å². The third-order valence-corrected chi connectivity index (χ3v) is 2.31. The minimum Gasteiger partial charge on any atom is -0.312 e. The quantitative estimate of drug-likeness (QED) is 0.660. The van der Waals surface area contributed by atoms with Gasteiger partial charge in [-0.25, -0.2) is 9.97 Å². The molecule has 0 radical (unpaired) electrons. The van der Waals surface area contributed by atoms with E-state index in [4.69, 9.17) is 23.2 Å². The highest BCUT2D eigenvalue weighted by Gasteiger charge is 2.10. The number of amides is 1. The Bertz CT molecular complexity index is 411. The summed E-state index contributed by atoms with van der Waals surface area (Å²) in [5.41, 5.74) is -0.0121. The van der Waals surface area contributed by atoms with Crippen LogP contribution in [-0.4, -0.2) is 28.0 Å². The van der Waals surface area contributed by atoms with Gasteiger partial charge in [-0.15, -0.1) is 0 Å². The van der Waals surface area contributed by atoms with Crippen molar-refractivity contribution in [3.8, 4) is 0 Å². The molecule has 5 nitrogen and oxygen atoms in total. The first-order valence-electron chi connectivity index (χ1n) is 5.51. The van der Waals surface area contributed by atoms with Gasteiger partial charge in [0.15, 0.2) is 0 Å². The van der Waals surface area contributed by atoms with Crippen molar-refractivity contribution in [2.75, 3.05) is 11.9 Å². The van der Waals surface area contributed by atoms with Crippen LogP contribution in [0.1, 0.15) is 27.2 Å². The summed E-state index contributed by atoms with van der Waals surface area (Å²) < 4.78 is 0. The zero-order valence-electron chi connectivity index (χ0n) is 10.6. The summed E-state index contributed by atoms with van der Waals surface area (Å²) in [5, 5.41) is 6.02. The van der Waals surface area contributed by atoms with Gasteiger partial charge in [-0.3, -0.25) is 4.79 Å². The second kappa shape index (κ2) is 6.31. The SMILES string of the molecule is CC(C)(C)NCCC(=O)Nc1cc(Cl)nc(Cl)n1. The molecule has 1 rings (SSSR count). The highest BCUT2D eigenvalue weighted by Crippen LogP contribution is 2.14. The van der Waals surface area contributed by atoms with Gasteiger partial charge in [0.25, 0.3) is 0 Å². The maximum Gasteiger partial charge on any atom is 0.226 e. The van der Waals surface area contributed by atoms with E-state index in [9.17, 15) is 4.79 Å². The average molecular weight is 291 g/mol.